The minimum Gasteiger partial charge on any atom is -0.486 e. The first kappa shape index (κ1) is 29.6. The molecule has 0 bridgehead atoms. The molecule has 36 heavy (non-hydrogen) atoms. The van der Waals surface area contributed by atoms with Crippen LogP contribution in [-0.2, 0) is 26.2 Å². The van der Waals surface area contributed by atoms with E-state index >= 15 is 0 Å². The number of nitrogens with zero attached hydrogens (tertiary/aromatic N) is 1. The first-order valence-corrected chi connectivity index (χ1v) is 12.8. The van der Waals surface area contributed by atoms with Crippen molar-refractivity contribution in [2.24, 2.45) is 5.41 Å². The van der Waals surface area contributed by atoms with Crippen LogP contribution in [0.2, 0.25) is 0 Å². The zero-order valence-corrected chi connectivity index (χ0v) is 23.5. The van der Waals surface area contributed by atoms with E-state index in [1.54, 1.807) is 14.2 Å². The fraction of sp³-hybridized carbons (Fsp3) is 0.586. The van der Waals surface area contributed by atoms with Crippen molar-refractivity contribution in [3.05, 3.63) is 52.8 Å². The molecular formula is C29H44N2O5. The van der Waals surface area contributed by atoms with Gasteiger partial charge in [0.15, 0.2) is 12.1 Å². The quantitative estimate of drug-likeness (QED) is 0.379. The van der Waals surface area contributed by atoms with Gasteiger partial charge in [0.05, 0.1) is 6.54 Å². The van der Waals surface area contributed by atoms with E-state index in [-0.39, 0.29) is 30.3 Å². The summed E-state index contributed by atoms with van der Waals surface area (Å²) in [7, 11) is 3.09. The number of ether oxygens (including phenoxy) is 3. The average molecular weight is 501 g/mol. The second kappa shape index (κ2) is 12.5. The summed E-state index contributed by atoms with van der Waals surface area (Å²) >= 11 is 0. The Bertz CT molecular complexity index is 1030. The Hall–Kier alpha value is -2.64. The molecule has 7 nitrogen and oxygen atoms in total. The van der Waals surface area contributed by atoms with Gasteiger partial charge in [-0.3, -0.25) is 9.59 Å². The maximum absolute atomic E-state index is 13.0. The SMILES string of the molecule is CCn1c(C(=O)NCC(OC)OC)ccc1C(CC)(CC)c1ccc(OCC(=O)C(C)(C)C)c(C)c1. The van der Waals surface area contributed by atoms with Crippen molar-refractivity contribution in [2.75, 3.05) is 27.4 Å². The first-order valence-electron chi connectivity index (χ1n) is 12.8. The van der Waals surface area contributed by atoms with Gasteiger partial charge in [0.25, 0.3) is 5.91 Å². The average Bonchev–Trinajstić information content (AvgIpc) is 3.29. The van der Waals surface area contributed by atoms with Gasteiger partial charge in [0.1, 0.15) is 18.1 Å². The highest BCUT2D eigenvalue weighted by atomic mass is 16.7. The maximum atomic E-state index is 13.0. The number of hydrogen-bond acceptors (Lipinski definition) is 5. The number of benzene rings is 1. The van der Waals surface area contributed by atoms with Gasteiger partial charge in [-0.2, -0.15) is 0 Å². The van der Waals surface area contributed by atoms with Crippen LogP contribution < -0.4 is 10.1 Å². The molecule has 0 aliphatic heterocycles. The molecule has 0 fully saturated rings. The van der Waals surface area contributed by atoms with Crippen molar-refractivity contribution in [1.29, 1.82) is 0 Å². The zero-order chi connectivity index (χ0) is 27.1. The Kier molecular flexibility index (Phi) is 10.3. The van der Waals surface area contributed by atoms with Crippen LogP contribution in [0.15, 0.2) is 30.3 Å². The molecule has 1 amide bonds. The number of ketones is 1. The van der Waals surface area contributed by atoms with E-state index in [1.807, 2.05) is 39.8 Å². The molecular weight excluding hydrogens is 456 g/mol. The van der Waals surface area contributed by atoms with Crippen LogP contribution in [0, 0.1) is 12.3 Å². The molecule has 0 aliphatic carbocycles. The number of carbonyl (C=O) groups is 2. The Morgan fingerprint density at radius 1 is 1.00 bits per heavy atom. The van der Waals surface area contributed by atoms with E-state index in [1.165, 1.54) is 0 Å². The minimum atomic E-state index is -0.494. The summed E-state index contributed by atoms with van der Waals surface area (Å²) in [5.41, 5.74) is 3.15. The first-order chi connectivity index (χ1) is 17.0. The summed E-state index contributed by atoms with van der Waals surface area (Å²) in [5.74, 6) is 0.623. The van der Waals surface area contributed by atoms with Crippen LogP contribution in [0.25, 0.3) is 0 Å². The second-order valence-corrected chi connectivity index (χ2v) is 10.2. The highest BCUT2D eigenvalue weighted by Gasteiger charge is 2.35. The van der Waals surface area contributed by atoms with E-state index in [0.29, 0.717) is 18.0 Å². The number of aryl methyl sites for hydroxylation is 1. The largest absolute Gasteiger partial charge is 0.486 e. The number of methoxy groups -OCH3 is 2. The van der Waals surface area contributed by atoms with Crippen LogP contribution in [-0.4, -0.2) is 49.9 Å². The predicted octanol–water partition coefficient (Wildman–Crippen LogP) is 5.27. The molecule has 0 spiro atoms. The van der Waals surface area contributed by atoms with Gasteiger partial charge in [-0.15, -0.1) is 0 Å². The molecule has 0 saturated heterocycles. The third-order valence-corrected chi connectivity index (χ3v) is 7.10. The fourth-order valence-electron chi connectivity index (χ4n) is 4.59. The molecule has 2 aromatic rings. The Morgan fingerprint density at radius 2 is 1.64 bits per heavy atom. The maximum Gasteiger partial charge on any atom is 0.268 e. The van der Waals surface area contributed by atoms with Gasteiger partial charge >= 0.3 is 0 Å². The Morgan fingerprint density at radius 3 is 2.14 bits per heavy atom. The van der Waals surface area contributed by atoms with Crippen molar-refractivity contribution in [3.8, 4) is 5.75 Å². The van der Waals surface area contributed by atoms with Crippen LogP contribution in [0.4, 0.5) is 0 Å². The summed E-state index contributed by atoms with van der Waals surface area (Å²) in [6.07, 6.45) is 1.24. The molecule has 1 N–H and O–H groups in total. The summed E-state index contributed by atoms with van der Waals surface area (Å²) in [6, 6.07) is 10.2. The van der Waals surface area contributed by atoms with Crippen LogP contribution >= 0.6 is 0 Å². The third kappa shape index (κ3) is 6.37. The van der Waals surface area contributed by atoms with Gasteiger partial charge in [0, 0.05) is 37.3 Å². The van der Waals surface area contributed by atoms with Crippen molar-refractivity contribution in [3.63, 3.8) is 0 Å². The summed E-state index contributed by atoms with van der Waals surface area (Å²) in [4.78, 5) is 25.3. The zero-order valence-electron chi connectivity index (χ0n) is 23.5. The molecule has 0 saturated carbocycles. The standard InChI is InChI=1S/C29H44N2O5/c1-10-29(11-2,21-13-15-23(20(4)17-21)36-19-25(32)28(5,6)7)24-16-14-22(31(24)12-3)27(33)30-18-26(34-8)35-9/h13-17,26H,10-12,18-19H2,1-9H3,(H,30,33). The number of Topliss-reactive ketones (excluding diaryl/α,β-unsaturated/α-hetero) is 1. The van der Waals surface area contributed by atoms with E-state index in [9.17, 15) is 9.59 Å². The van der Waals surface area contributed by atoms with Crippen molar-refractivity contribution >= 4 is 11.7 Å². The molecule has 0 unspecified atom stereocenters. The lowest BCUT2D eigenvalue weighted by molar-refractivity contribution is -0.128. The number of hydrogen-bond donors (Lipinski definition) is 1. The molecule has 2 rings (SSSR count). The van der Waals surface area contributed by atoms with E-state index in [2.05, 4.69) is 48.9 Å². The molecule has 0 atom stereocenters. The molecule has 0 aliphatic rings. The van der Waals surface area contributed by atoms with Crippen molar-refractivity contribution in [2.45, 2.75) is 79.6 Å². The van der Waals surface area contributed by atoms with Gasteiger partial charge in [-0.1, -0.05) is 46.8 Å². The van der Waals surface area contributed by atoms with Crippen molar-refractivity contribution < 1.29 is 23.8 Å². The number of carbonyl (C=O) groups excluding carboxylic acids is 2. The Labute approximate surface area is 216 Å². The number of rotatable bonds is 13. The third-order valence-electron chi connectivity index (χ3n) is 7.10. The van der Waals surface area contributed by atoms with E-state index < -0.39 is 11.7 Å². The lowest BCUT2D eigenvalue weighted by atomic mass is 9.72. The van der Waals surface area contributed by atoms with Gasteiger partial charge < -0.3 is 24.1 Å². The summed E-state index contributed by atoms with van der Waals surface area (Å²) in [5, 5.41) is 2.91. The van der Waals surface area contributed by atoms with Gasteiger partial charge in [-0.25, -0.2) is 0 Å². The lowest BCUT2D eigenvalue weighted by Gasteiger charge is -2.34. The van der Waals surface area contributed by atoms with E-state index in [4.69, 9.17) is 14.2 Å². The van der Waals surface area contributed by atoms with E-state index in [0.717, 1.165) is 29.7 Å². The topological polar surface area (TPSA) is 78.8 Å². The minimum absolute atomic E-state index is 0.0561. The molecule has 1 heterocycles. The number of amides is 1. The normalized spacial score (nSPS) is 12.2. The highest BCUT2D eigenvalue weighted by molar-refractivity contribution is 5.93. The summed E-state index contributed by atoms with van der Waals surface area (Å²) < 4.78 is 18.4. The number of nitrogens with one attached hydrogen (secondary N) is 1. The second-order valence-electron chi connectivity index (χ2n) is 10.2. The molecule has 1 aromatic heterocycles. The monoisotopic (exact) mass is 500 g/mol. The summed E-state index contributed by atoms with van der Waals surface area (Å²) in [6.45, 7) is 15.1. The fourth-order valence-corrected chi connectivity index (χ4v) is 4.59. The molecule has 0 radical (unpaired) electrons. The smallest absolute Gasteiger partial charge is 0.268 e. The highest BCUT2D eigenvalue weighted by Crippen LogP contribution is 2.41. The van der Waals surface area contributed by atoms with Crippen LogP contribution in [0.5, 0.6) is 5.75 Å². The Balaban J connectivity index is 2.39. The van der Waals surface area contributed by atoms with Crippen LogP contribution in [0.3, 0.4) is 0 Å². The van der Waals surface area contributed by atoms with Gasteiger partial charge in [-0.05, 0) is 56.0 Å². The molecule has 7 heteroatoms. The lowest BCUT2D eigenvalue weighted by Crippen LogP contribution is -2.36. The van der Waals surface area contributed by atoms with Gasteiger partial charge in [0.2, 0.25) is 0 Å². The van der Waals surface area contributed by atoms with Crippen molar-refractivity contribution in [1.82, 2.24) is 9.88 Å². The number of aromatic nitrogens is 1. The molecule has 200 valence electrons. The van der Waals surface area contributed by atoms with Crippen LogP contribution in [0.1, 0.15) is 81.7 Å². The molecule has 1 aromatic carbocycles. The predicted molar refractivity (Wildman–Crippen MR) is 143 cm³/mol.